The van der Waals surface area contributed by atoms with Gasteiger partial charge in [-0.1, -0.05) is 6.07 Å². The van der Waals surface area contributed by atoms with Gasteiger partial charge in [-0.15, -0.1) is 0 Å². The highest BCUT2D eigenvalue weighted by Crippen LogP contribution is 2.27. The first kappa shape index (κ1) is 21.2. The molecule has 2 rings (SSSR count). The fraction of sp³-hybridized carbons (Fsp3) is 0.278. The van der Waals surface area contributed by atoms with Crippen LogP contribution in [0, 0.1) is 17.0 Å². The fourth-order valence-corrected chi connectivity index (χ4v) is 3.40. The minimum Gasteiger partial charge on any atom is -0.494 e. The van der Waals surface area contributed by atoms with Gasteiger partial charge >= 0.3 is 0 Å². The van der Waals surface area contributed by atoms with Crippen molar-refractivity contribution >= 4 is 33.0 Å². The van der Waals surface area contributed by atoms with Crippen LogP contribution in [0.25, 0.3) is 0 Å². The molecule has 2 aromatic carbocycles. The van der Waals surface area contributed by atoms with Crippen molar-refractivity contribution in [1.29, 1.82) is 0 Å². The number of carbonyl (C=O) groups is 1. The Bertz CT molecular complexity index is 973. The predicted molar refractivity (Wildman–Crippen MR) is 106 cm³/mol. The Morgan fingerprint density at radius 1 is 1.21 bits per heavy atom. The van der Waals surface area contributed by atoms with Crippen molar-refractivity contribution in [2.45, 2.75) is 13.8 Å². The molecule has 0 unspecified atom stereocenters. The molecular weight excluding hydrogens is 386 g/mol. The van der Waals surface area contributed by atoms with E-state index < -0.39 is 27.4 Å². The Kier molecular flexibility index (Phi) is 6.57. The number of amides is 1. The van der Waals surface area contributed by atoms with Crippen molar-refractivity contribution in [2.24, 2.45) is 0 Å². The Hall–Kier alpha value is -3.14. The summed E-state index contributed by atoms with van der Waals surface area (Å²) in [6, 6.07) is 10.5. The first-order valence-corrected chi connectivity index (χ1v) is 10.2. The molecule has 0 heterocycles. The third kappa shape index (κ3) is 5.43. The van der Waals surface area contributed by atoms with Gasteiger partial charge < -0.3 is 10.1 Å². The number of sulfonamides is 1. The summed E-state index contributed by atoms with van der Waals surface area (Å²) in [6.45, 7) is 3.46. The zero-order valence-corrected chi connectivity index (χ0v) is 16.5. The summed E-state index contributed by atoms with van der Waals surface area (Å²) in [6.07, 6.45) is 0.940. The maximum atomic E-state index is 12.4. The van der Waals surface area contributed by atoms with Gasteiger partial charge in [0.05, 0.1) is 23.5 Å². The molecule has 0 atom stereocenters. The van der Waals surface area contributed by atoms with E-state index in [1.54, 1.807) is 31.2 Å². The summed E-state index contributed by atoms with van der Waals surface area (Å²) in [7, 11) is -3.85. The van der Waals surface area contributed by atoms with Crippen LogP contribution >= 0.6 is 0 Å². The van der Waals surface area contributed by atoms with Crippen molar-refractivity contribution in [2.75, 3.05) is 29.0 Å². The summed E-state index contributed by atoms with van der Waals surface area (Å²) >= 11 is 0. The maximum Gasteiger partial charge on any atom is 0.271 e. The molecule has 0 fully saturated rings. The van der Waals surface area contributed by atoms with Crippen molar-refractivity contribution in [3.8, 4) is 5.75 Å². The number of aryl methyl sites for hydroxylation is 1. The number of benzene rings is 2. The van der Waals surface area contributed by atoms with Gasteiger partial charge in [0.1, 0.15) is 12.3 Å². The lowest BCUT2D eigenvalue weighted by Gasteiger charge is -2.23. The molecule has 0 aromatic heterocycles. The standard InChI is InChI=1S/C18H21N3O6S/c1-4-27-16-9-6-14(7-10-16)19-18(22)12-20(28(3,25)26)17-11-15(21(23)24)8-5-13(17)2/h5-11H,4,12H2,1-3H3,(H,19,22). The van der Waals surface area contributed by atoms with E-state index in [9.17, 15) is 23.3 Å². The summed E-state index contributed by atoms with van der Waals surface area (Å²) in [5.41, 5.74) is 0.780. The van der Waals surface area contributed by atoms with Gasteiger partial charge in [0.15, 0.2) is 0 Å². The Balaban J connectivity index is 2.24. The first-order valence-electron chi connectivity index (χ1n) is 8.37. The zero-order chi connectivity index (χ0) is 20.9. The number of nitrogens with one attached hydrogen (secondary N) is 1. The van der Waals surface area contributed by atoms with Gasteiger partial charge in [-0.25, -0.2) is 8.42 Å². The first-order chi connectivity index (χ1) is 13.1. The molecule has 1 N–H and O–H groups in total. The lowest BCUT2D eigenvalue weighted by molar-refractivity contribution is -0.384. The van der Waals surface area contributed by atoms with Gasteiger partial charge in [-0.3, -0.25) is 19.2 Å². The van der Waals surface area contributed by atoms with Crippen LogP contribution in [-0.2, 0) is 14.8 Å². The number of nitro benzene ring substituents is 1. The van der Waals surface area contributed by atoms with Crippen LogP contribution in [0.2, 0.25) is 0 Å². The molecular formula is C18H21N3O6S. The molecule has 2 aromatic rings. The van der Waals surface area contributed by atoms with Crippen LogP contribution in [0.15, 0.2) is 42.5 Å². The number of hydrogen-bond acceptors (Lipinski definition) is 6. The third-order valence-corrected chi connectivity index (χ3v) is 4.94. The average molecular weight is 407 g/mol. The Morgan fingerprint density at radius 3 is 2.39 bits per heavy atom. The van der Waals surface area contributed by atoms with E-state index in [2.05, 4.69) is 5.32 Å². The number of carbonyl (C=O) groups excluding carboxylic acids is 1. The third-order valence-electron chi connectivity index (χ3n) is 3.81. The number of ether oxygens (including phenoxy) is 1. The second-order valence-electron chi connectivity index (χ2n) is 6.00. The number of non-ortho nitro benzene ring substituents is 1. The topological polar surface area (TPSA) is 119 Å². The molecule has 0 saturated heterocycles. The monoisotopic (exact) mass is 407 g/mol. The van der Waals surface area contributed by atoms with Gasteiger partial charge in [0.2, 0.25) is 15.9 Å². The molecule has 0 bridgehead atoms. The smallest absolute Gasteiger partial charge is 0.271 e. The van der Waals surface area contributed by atoms with Gasteiger partial charge in [-0.2, -0.15) is 0 Å². The number of nitro groups is 1. The molecule has 9 nitrogen and oxygen atoms in total. The average Bonchev–Trinajstić information content (AvgIpc) is 2.61. The van der Waals surface area contributed by atoms with Crippen LogP contribution in [0.4, 0.5) is 17.1 Å². The van der Waals surface area contributed by atoms with Crippen molar-refractivity contribution < 1.29 is 22.9 Å². The van der Waals surface area contributed by atoms with Crippen molar-refractivity contribution in [3.63, 3.8) is 0 Å². The normalized spacial score (nSPS) is 11.0. The van der Waals surface area contributed by atoms with E-state index in [1.807, 2.05) is 6.92 Å². The van der Waals surface area contributed by atoms with Crippen LogP contribution in [0.5, 0.6) is 5.75 Å². The van der Waals surface area contributed by atoms with E-state index in [0.717, 1.165) is 16.6 Å². The van der Waals surface area contributed by atoms with Crippen molar-refractivity contribution in [1.82, 2.24) is 0 Å². The molecule has 0 aliphatic rings. The van der Waals surface area contributed by atoms with E-state index in [0.29, 0.717) is 23.6 Å². The number of rotatable bonds is 8. The SMILES string of the molecule is CCOc1ccc(NC(=O)CN(c2cc([N+](=O)[O-])ccc2C)S(C)(=O)=O)cc1. The lowest BCUT2D eigenvalue weighted by atomic mass is 10.2. The number of hydrogen-bond donors (Lipinski definition) is 1. The van der Waals surface area contributed by atoms with E-state index in [4.69, 9.17) is 4.74 Å². The highest BCUT2D eigenvalue weighted by molar-refractivity contribution is 7.92. The summed E-state index contributed by atoms with van der Waals surface area (Å²) in [5, 5.41) is 13.6. The molecule has 28 heavy (non-hydrogen) atoms. The highest BCUT2D eigenvalue weighted by atomic mass is 32.2. The Morgan fingerprint density at radius 2 is 1.86 bits per heavy atom. The predicted octanol–water partition coefficient (Wildman–Crippen LogP) is 2.71. The van der Waals surface area contributed by atoms with Gasteiger partial charge in [-0.05, 0) is 43.7 Å². The highest BCUT2D eigenvalue weighted by Gasteiger charge is 2.24. The summed E-state index contributed by atoms with van der Waals surface area (Å²) in [5.74, 6) is 0.0611. The summed E-state index contributed by atoms with van der Waals surface area (Å²) in [4.78, 5) is 22.8. The molecule has 0 spiro atoms. The largest absolute Gasteiger partial charge is 0.494 e. The van der Waals surface area contributed by atoms with Crippen LogP contribution < -0.4 is 14.4 Å². The second-order valence-corrected chi connectivity index (χ2v) is 7.91. The minimum atomic E-state index is -3.85. The lowest BCUT2D eigenvalue weighted by Crippen LogP contribution is -2.37. The van der Waals surface area contributed by atoms with Crippen molar-refractivity contribution in [3.05, 3.63) is 58.1 Å². The molecule has 10 heteroatoms. The molecule has 0 aliphatic heterocycles. The molecule has 0 aliphatic carbocycles. The van der Waals surface area contributed by atoms with Gasteiger partial charge in [0.25, 0.3) is 5.69 Å². The van der Waals surface area contributed by atoms with Crippen LogP contribution in [-0.4, -0.2) is 38.7 Å². The summed E-state index contributed by atoms with van der Waals surface area (Å²) < 4.78 is 30.6. The van der Waals surface area contributed by atoms with Crippen LogP contribution in [0.1, 0.15) is 12.5 Å². The van der Waals surface area contributed by atoms with E-state index in [-0.39, 0.29) is 11.4 Å². The fourth-order valence-electron chi connectivity index (χ4n) is 2.49. The van der Waals surface area contributed by atoms with E-state index in [1.165, 1.54) is 12.1 Å². The second kappa shape index (κ2) is 8.70. The minimum absolute atomic E-state index is 0.0820. The maximum absolute atomic E-state index is 12.4. The number of nitrogens with zero attached hydrogens (tertiary/aromatic N) is 2. The zero-order valence-electron chi connectivity index (χ0n) is 15.7. The Labute approximate surface area is 163 Å². The molecule has 1 amide bonds. The quantitative estimate of drug-likeness (QED) is 0.531. The molecule has 0 saturated carbocycles. The molecule has 0 radical (unpaired) electrons. The van der Waals surface area contributed by atoms with Gasteiger partial charge in [0, 0.05) is 17.8 Å². The number of anilines is 2. The molecule has 150 valence electrons. The van der Waals surface area contributed by atoms with Crippen LogP contribution in [0.3, 0.4) is 0 Å². The van der Waals surface area contributed by atoms with E-state index >= 15 is 0 Å².